The van der Waals surface area contributed by atoms with Gasteiger partial charge in [0.05, 0.1) is 0 Å². The molecule has 0 atom stereocenters. The van der Waals surface area contributed by atoms with E-state index in [1.54, 1.807) is 18.7 Å². The van der Waals surface area contributed by atoms with Crippen molar-refractivity contribution in [1.29, 1.82) is 0 Å². The van der Waals surface area contributed by atoms with Crippen molar-refractivity contribution in [2.45, 2.75) is 6.92 Å². The average Bonchev–Trinajstić information content (AvgIpc) is 3.33. The molecule has 1 saturated heterocycles. The van der Waals surface area contributed by atoms with Crippen molar-refractivity contribution in [3.8, 4) is 5.82 Å². The van der Waals surface area contributed by atoms with Gasteiger partial charge in [-0.05, 0) is 18.4 Å². The van der Waals surface area contributed by atoms with Crippen LogP contribution in [0.4, 0.5) is 5.82 Å². The Morgan fingerprint density at radius 2 is 1.77 bits per heavy atom. The van der Waals surface area contributed by atoms with E-state index < -0.39 is 0 Å². The maximum atomic E-state index is 13.1. The first kappa shape index (κ1) is 18.2. The van der Waals surface area contributed by atoms with Gasteiger partial charge in [-0.1, -0.05) is 24.3 Å². The summed E-state index contributed by atoms with van der Waals surface area (Å²) in [6, 6.07) is 11.7. The Morgan fingerprint density at radius 1 is 0.967 bits per heavy atom. The molecule has 5 rings (SSSR count). The van der Waals surface area contributed by atoms with Gasteiger partial charge in [0.1, 0.15) is 29.5 Å². The number of carbonyl (C=O) groups excluding carboxylic acids is 1. The van der Waals surface area contributed by atoms with Gasteiger partial charge in [-0.3, -0.25) is 14.3 Å². The molecule has 30 heavy (non-hydrogen) atoms. The molecule has 0 saturated carbocycles. The molecular formula is C22H21N7O. The normalized spacial score (nSPS) is 14.3. The standard InChI is InChI=1S/C22H21N7O/c1-16-25-19(14-20(26-16)29-9-8-23-15-29)27-10-12-28(13-11-27)22(30)21-18-5-3-2-4-17(18)6-7-24-21/h2-9,14-15H,10-13H2,1H3. The van der Waals surface area contributed by atoms with Crippen LogP contribution in [0.3, 0.4) is 0 Å². The van der Waals surface area contributed by atoms with Crippen molar-refractivity contribution in [2.24, 2.45) is 0 Å². The number of aryl methyl sites for hydroxylation is 1. The highest BCUT2D eigenvalue weighted by molar-refractivity contribution is 6.05. The molecule has 8 heteroatoms. The highest BCUT2D eigenvalue weighted by Crippen LogP contribution is 2.21. The lowest BCUT2D eigenvalue weighted by Gasteiger charge is -2.35. The molecule has 0 radical (unpaired) electrons. The Hall–Kier alpha value is -3.81. The lowest BCUT2D eigenvalue weighted by atomic mass is 10.1. The molecule has 1 amide bonds. The zero-order chi connectivity index (χ0) is 20.5. The van der Waals surface area contributed by atoms with E-state index in [9.17, 15) is 4.79 Å². The second-order valence-corrected chi connectivity index (χ2v) is 7.26. The zero-order valence-electron chi connectivity index (χ0n) is 16.6. The molecule has 0 N–H and O–H groups in total. The Bertz CT molecular complexity index is 1190. The third-order valence-corrected chi connectivity index (χ3v) is 5.35. The van der Waals surface area contributed by atoms with Crippen LogP contribution < -0.4 is 4.90 Å². The van der Waals surface area contributed by atoms with Gasteiger partial charge in [0.25, 0.3) is 5.91 Å². The van der Waals surface area contributed by atoms with Crippen LogP contribution in [-0.4, -0.2) is 61.5 Å². The van der Waals surface area contributed by atoms with Crippen LogP contribution in [0.25, 0.3) is 16.6 Å². The highest BCUT2D eigenvalue weighted by atomic mass is 16.2. The van der Waals surface area contributed by atoms with Crippen LogP contribution in [0.15, 0.2) is 61.3 Å². The van der Waals surface area contributed by atoms with Gasteiger partial charge in [-0.2, -0.15) is 0 Å². The van der Waals surface area contributed by atoms with Crippen molar-refractivity contribution >= 4 is 22.5 Å². The second kappa shape index (κ2) is 7.55. The Kier molecular flexibility index (Phi) is 4.59. The van der Waals surface area contributed by atoms with Gasteiger partial charge < -0.3 is 9.80 Å². The predicted molar refractivity (Wildman–Crippen MR) is 114 cm³/mol. The summed E-state index contributed by atoms with van der Waals surface area (Å²) in [4.78, 5) is 34.8. The summed E-state index contributed by atoms with van der Waals surface area (Å²) in [6.07, 6.45) is 7.01. The number of fused-ring (bicyclic) bond motifs is 1. The maximum Gasteiger partial charge on any atom is 0.273 e. The van der Waals surface area contributed by atoms with E-state index in [4.69, 9.17) is 0 Å². The number of hydrogen-bond acceptors (Lipinski definition) is 6. The van der Waals surface area contributed by atoms with Crippen molar-refractivity contribution in [2.75, 3.05) is 31.1 Å². The van der Waals surface area contributed by atoms with Crippen molar-refractivity contribution in [3.05, 3.63) is 72.8 Å². The Labute approximate surface area is 173 Å². The Morgan fingerprint density at radius 3 is 2.57 bits per heavy atom. The van der Waals surface area contributed by atoms with Crippen molar-refractivity contribution in [1.82, 2.24) is 29.4 Å². The van der Waals surface area contributed by atoms with Crippen LogP contribution >= 0.6 is 0 Å². The molecule has 3 aromatic heterocycles. The van der Waals surface area contributed by atoms with E-state index >= 15 is 0 Å². The van der Waals surface area contributed by atoms with Crippen LogP contribution in [-0.2, 0) is 0 Å². The number of aromatic nitrogens is 5. The van der Waals surface area contributed by atoms with E-state index in [-0.39, 0.29) is 5.91 Å². The summed E-state index contributed by atoms with van der Waals surface area (Å²) in [7, 11) is 0. The lowest BCUT2D eigenvalue weighted by molar-refractivity contribution is 0.0743. The average molecular weight is 399 g/mol. The van der Waals surface area contributed by atoms with E-state index in [0.29, 0.717) is 37.7 Å². The SMILES string of the molecule is Cc1nc(N2CCN(C(=O)c3nccc4ccccc34)CC2)cc(-n2ccnc2)n1. The minimum Gasteiger partial charge on any atom is -0.353 e. The number of benzene rings is 1. The summed E-state index contributed by atoms with van der Waals surface area (Å²) >= 11 is 0. The molecule has 1 aliphatic heterocycles. The van der Waals surface area contributed by atoms with Gasteiger partial charge in [0.15, 0.2) is 0 Å². The molecule has 1 fully saturated rings. The summed E-state index contributed by atoms with van der Waals surface area (Å²) in [5.74, 6) is 2.33. The summed E-state index contributed by atoms with van der Waals surface area (Å²) in [5.41, 5.74) is 0.516. The van der Waals surface area contributed by atoms with Crippen LogP contribution in [0.1, 0.15) is 16.3 Å². The first-order valence-corrected chi connectivity index (χ1v) is 9.91. The Balaban J connectivity index is 1.34. The van der Waals surface area contributed by atoms with Crippen molar-refractivity contribution in [3.63, 3.8) is 0 Å². The molecule has 150 valence electrons. The number of carbonyl (C=O) groups is 1. The zero-order valence-corrected chi connectivity index (χ0v) is 16.6. The number of pyridine rings is 1. The molecule has 0 aliphatic carbocycles. The van der Waals surface area contributed by atoms with E-state index in [1.807, 2.05) is 59.0 Å². The fourth-order valence-corrected chi connectivity index (χ4v) is 3.80. The maximum absolute atomic E-state index is 13.1. The van der Waals surface area contributed by atoms with Gasteiger partial charge >= 0.3 is 0 Å². The molecule has 8 nitrogen and oxygen atoms in total. The van der Waals surface area contributed by atoms with Gasteiger partial charge in [-0.15, -0.1) is 0 Å². The first-order valence-electron chi connectivity index (χ1n) is 9.91. The minimum absolute atomic E-state index is 0.0237. The molecule has 4 heterocycles. The minimum atomic E-state index is -0.0237. The van der Waals surface area contributed by atoms with Crippen LogP contribution in [0.5, 0.6) is 0 Å². The third-order valence-electron chi connectivity index (χ3n) is 5.35. The van der Waals surface area contributed by atoms with E-state index in [0.717, 1.165) is 22.4 Å². The second-order valence-electron chi connectivity index (χ2n) is 7.26. The van der Waals surface area contributed by atoms with Gasteiger partial charge in [-0.25, -0.2) is 15.0 Å². The number of imidazole rings is 1. The molecule has 1 aliphatic rings. The molecule has 0 bridgehead atoms. The summed E-state index contributed by atoms with van der Waals surface area (Å²) < 4.78 is 1.87. The highest BCUT2D eigenvalue weighted by Gasteiger charge is 2.25. The molecule has 0 unspecified atom stereocenters. The topological polar surface area (TPSA) is 80.0 Å². The summed E-state index contributed by atoms with van der Waals surface area (Å²) in [6.45, 7) is 4.53. The molecule has 1 aromatic carbocycles. The fraction of sp³-hybridized carbons (Fsp3) is 0.227. The van der Waals surface area contributed by atoms with Crippen LogP contribution in [0, 0.1) is 6.92 Å². The molecule has 0 spiro atoms. The van der Waals surface area contributed by atoms with Gasteiger partial charge in [0.2, 0.25) is 0 Å². The number of anilines is 1. The summed E-state index contributed by atoms with van der Waals surface area (Å²) in [5, 5.41) is 1.92. The molecule has 4 aromatic rings. The number of nitrogens with zero attached hydrogens (tertiary/aromatic N) is 7. The fourth-order valence-electron chi connectivity index (χ4n) is 3.80. The predicted octanol–water partition coefficient (Wildman–Crippen LogP) is 2.48. The number of piperazine rings is 1. The lowest BCUT2D eigenvalue weighted by Crippen LogP contribution is -2.49. The van der Waals surface area contributed by atoms with E-state index in [1.165, 1.54) is 0 Å². The third kappa shape index (κ3) is 3.36. The number of amides is 1. The quantitative estimate of drug-likeness (QED) is 0.527. The van der Waals surface area contributed by atoms with Gasteiger partial charge in [0, 0.05) is 56.2 Å². The first-order chi connectivity index (χ1) is 14.7. The number of hydrogen-bond donors (Lipinski definition) is 0. The smallest absolute Gasteiger partial charge is 0.273 e. The van der Waals surface area contributed by atoms with Crippen molar-refractivity contribution < 1.29 is 4.79 Å². The van der Waals surface area contributed by atoms with E-state index in [2.05, 4.69) is 24.8 Å². The number of rotatable bonds is 3. The monoisotopic (exact) mass is 399 g/mol. The largest absolute Gasteiger partial charge is 0.353 e. The molecular weight excluding hydrogens is 378 g/mol. The van der Waals surface area contributed by atoms with Crippen LogP contribution in [0.2, 0.25) is 0 Å².